The molecule has 139 valence electrons. The van der Waals surface area contributed by atoms with Crippen LogP contribution in [0.5, 0.6) is 0 Å². The van der Waals surface area contributed by atoms with Gasteiger partial charge in [-0.3, -0.25) is 0 Å². The lowest BCUT2D eigenvalue weighted by Crippen LogP contribution is -2.15. The maximum Gasteiger partial charge on any atom is -0.0111 e. The third-order valence-corrected chi connectivity index (χ3v) is 5.45. The summed E-state index contributed by atoms with van der Waals surface area (Å²) < 4.78 is 0. The lowest BCUT2D eigenvalue weighted by molar-refractivity contribution is 0.493. The molecule has 0 atom stereocenters. The third kappa shape index (κ3) is 3.73. The lowest BCUT2D eigenvalue weighted by Gasteiger charge is -2.31. The summed E-state index contributed by atoms with van der Waals surface area (Å²) in [5.41, 5.74) is 9.44. The van der Waals surface area contributed by atoms with Gasteiger partial charge in [-0.15, -0.1) is 0 Å². The molecule has 3 aromatic rings. The Morgan fingerprint density at radius 3 is 1.64 bits per heavy atom. The first kappa shape index (κ1) is 18.5. The molecule has 0 amide bonds. The highest BCUT2D eigenvalue weighted by Gasteiger charge is 2.26. The molecule has 0 unspecified atom stereocenters. The highest BCUT2D eigenvalue weighted by molar-refractivity contribution is 6.07. The van der Waals surface area contributed by atoms with E-state index in [1.807, 2.05) is 0 Å². The van der Waals surface area contributed by atoms with Gasteiger partial charge in [-0.2, -0.15) is 0 Å². The normalized spacial score (nSPS) is 14.8. The number of benzene rings is 3. The van der Waals surface area contributed by atoms with Crippen LogP contribution in [-0.4, -0.2) is 0 Å². The van der Waals surface area contributed by atoms with Crippen LogP contribution in [-0.2, 0) is 0 Å². The molecule has 3 aromatic carbocycles. The summed E-state index contributed by atoms with van der Waals surface area (Å²) in [5.74, 6) is 0. The molecule has 0 spiro atoms. The van der Waals surface area contributed by atoms with E-state index in [4.69, 9.17) is 0 Å². The monoisotopic (exact) mass is 363 g/mol. The van der Waals surface area contributed by atoms with Gasteiger partial charge in [0.15, 0.2) is 0 Å². The molecule has 1 aliphatic rings. The summed E-state index contributed by atoms with van der Waals surface area (Å²) in [5, 5.41) is 0. The summed E-state index contributed by atoms with van der Waals surface area (Å²) in [6.07, 6.45) is 5.63. The van der Waals surface area contributed by atoms with Crippen LogP contribution < -0.4 is 0 Å². The van der Waals surface area contributed by atoms with Gasteiger partial charge in [0.2, 0.25) is 0 Å². The van der Waals surface area contributed by atoms with Crippen molar-refractivity contribution < 1.29 is 0 Å². The average molecular weight is 364 g/mol. The summed E-state index contributed by atoms with van der Waals surface area (Å²) in [6.45, 7) is 6.96. The fraction of sp³-hybridized carbons (Fsp3) is 0.179. The fourth-order valence-electron chi connectivity index (χ4n) is 3.97. The number of allylic oxidation sites excluding steroid dienone is 4. The van der Waals surface area contributed by atoms with Crippen molar-refractivity contribution in [3.63, 3.8) is 0 Å². The molecule has 0 fully saturated rings. The van der Waals surface area contributed by atoms with Crippen LogP contribution in [0.25, 0.3) is 22.3 Å². The first-order chi connectivity index (χ1) is 13.5. The lowest BCUT2D eigenvalue weighted by atomic mass is 9.73. The molecule has 0 saturated heterocycles. The molecule has 0 nitrogen and oxygen atoms in total. The minimum absolute atomic E-state index is 0.130. The van der Waals surface area contributed by atoms with Crippen LogP contribution in [0.1, 0.15) is 38.3 Å². The number of hydrogen-bond acceptors (Lipinski definition) is 0. The van der Waals surface area contributed by atoms with E-state index in [1.54, 1.807) is 0 Å². The molecule has 4 rings (SSSR count). The van der Waals surface area contributed by atoms with Crippen molar-refractivity contribution in [2.75, 3.05) is 0 Å². The fourth-order valence-corrected chi connectivity index (χ4v) is 3.97. The van der Waals surface area contributed by atoms with Crippen molar-refractivity contribution in [3.8, 4) is 11.1 Å². The van der Waals surface area contributed by atoms with E-state index >= 15 is 0 Å². The molecule has 28 heavy (non-hydrogen) atoms. The van der Waals surface area contributed by atoms with Crippen molar-refractivity contribution in [3.05, 3.63) is 114 Å². The van der Waals surface area contributed by atoms with E-state index in [0.717, 1.165) is 6.42 Å². The van der Waals surface area contributed by atoms with Gasteiger partial charge < -0.3 is 0 Å². The molecular weight excluding hydrogens is 336 g/mol. The SMILES string of the molecule is CC(C)(C)C1=C(c2ccccc2)C(c2ccc(-c3ccccc3)cc2)=C[CH]C1. The zero-order valence-electron chi connectivity index (χ0n) is 16.9. The summed E-state index contributed by atoms with van der Waals surface area (Å²) >= 11 is 0. The Morgan fingerprint density at radius 2 is 1.07 bits per heavy atom. The molecule has 0 aliphatic heterocycles. The second-order valence-electron chi connectivity index (χ2n) is 8.43. The second-order valence-corrected chi connectivity index (χ2v) is 8.43. The quantitative estimate of drug-likeness (QED) is 0.444. The Morgan fingerprint density at radius 1 is 0.571 bits per heavy atom. The predicted octanol–water partition coefficient (Wildman–Crippen LogP) is 7.84. The smallest absolute Gasteiger partial charge is 0.0111 e. The Bertz CT molecular complexity index is 995. The summed E-state index contributed by atoms with van der Waals surface area (Å²) in [6, 6.07) is 30.4. The summed E-state index contributed by atoms with van der Waals surface area (Å²) in [4.78, 5) is 0. The Labute approximate surface area is 169 Å². The van der Waals surface area contributed by atoms with Crippen LogP contribution in [0, 0.1) is 11.8 Å². The van der Waals surface area contributed by atoms with Gasteiger partial charge in [-0.25, -0.2) is 0 Å². The zero-order valence-corrected chi connectivity index (χ0v) is 16.9. The van der Waals surface area contributed by atoms with Crippen molar-refractivity contribution in [1.82, 2.24) is 0 Å². The van der Waals surface area contributed by atoms with E-state index in [-0.39, 0.29) is 5.41 Å². The highest BCUT2D eigenvalue weighted by Crippen LogP contribution is 2.45. The standard InChI is InChI=1S/C28H27/c1-28(2,3)26-16-10-15-25(27(26)24-13-8-5-9-14-24)23-19-17-22(18-20-23)21-11-6-4-7-12-21/h4-15,17-20H,16H2,1-3H3. The third-order valence-electron chi connectivity index (χ3n) is 5.45. The Hall–Kier alpha value is -2.86. The van der Waals surface area contributed by atoms with E-state index in [1.165, 1.54) is 39.0 Å². The minimum Gasteiger partial charge on any atom is -0.0720 e. The maximum absolute atomic E-state index is 2.32. The Kier molecular flexibility index (Phi) is 5.05. The van der Waals surface area contributed by atoms with Crippen molar-refractivity contribution in [2.24, 2.45) is 5.41 Å². The van der Waals surface area contributed by atoms with Gasteiger partial charge in [0, 0.05) is 0 Å². The van der Waals surface area contributed by atoms with E-state index in [2.05, 4.69) is 118 Å². The van der Waals surface area contributed by atoms with E-state index in [0.29, 0.717) is 0 Å². The highest BCUT2D eigenvalue weighted by atomic mass is 14.3. The topological polar surface area (TPSA) is 0 Å². The zero-order chi connectivity index (χ0) is 19.6. The minimum atomic E-state index is 0.130. The van der Waals surface area contributed by atoms with Gasteiger partial charge in [-0.1, -0.05) is 117 Å². The molecule has 1 aliphatic carbocycles. The molecular formula is C28H27. The van der Waals surface area contributed by atoms with Crippen LogP contribution >= 0.6 is 0 Å². The van der Waals surface area contributed by atoms with Gasteiger partial charge in [0.25, 0.3) is 0 Å². The van der Waals surface area contributed by atoms with Gasteiger partial charge >= 0.3 is 0 Å². The molecule has 0 bridgehead atoms. The average Bonchev–Trinajstić information content (AvgIpc) is 2.74. The van der Waals surface area contributed by atoms with Crippen LogP contribution in [0.4, 0.5) is 0 Å². The summed E-state index contributed by atoms with van der Waals surface area (Å²) in [7, 11) is 0. The maximum atomic E-state index is 2.32. The Balaban J connectivity index is 1.79. The van der Waals surface area contributed by atoms with Crippen molar-refractivity contribution >= 4 is 11.1 Å². The first-order valence-corrected chi connectivity index (χ1v) is 10.0. The van der Waals surface area contributed by atoms with Crippen LogP contribution in [0.3, 0.4) is 0 Å². The predicted molar refractivity (Wildman–Crippen MR) is 122 cm³/mol. The molecule has 0 heteroatoms. The molecule has 0 N–H and O–H groups in total. The van der Waals surface area contributed by atoms with Gasteiger partial charge in [-0.05, 0) is 51.7 Å². The molecule has 0 heterocycles. The molecule has 1 radical (unpaired) electrons. The first-order valence-electron chi connectivity index (χ1n) is 10.0. The molecule has 0 saturated carbocycles. The van der Waals surface area contributed by atoms with Crippen LogP contribution in [0.2, 0.25) is 0 Å². The van der Waals surface area contributed by atoms with Crippen molar-refractivity contribution in [1.29, 1.82) is 0 Å². The number of hydrogen-bond donors (Lipinski definition) is 0. The largest absolute Gasteiger partial charge is 0.0720 e. The van der Waals surface area contributed by atoms with E-state index < -0.39 is 0 Å². The van der Waals surface area contributed by atoms with Crippen LogP contribution in [0.15, 0.2) is 96.6 Å². The number of rotatable bonds is 3. The van der Waals surface area contributed by atoms with Gasteiger partial charge in [0.05, 0.1) is 0 Å². The van der Waals surface area contributed by atoms with E-state index in [9.17, 15) is 0 Å². The van der Waals surface area contributed by atoms with Crippen molar-refractivity contribution in [2.45, 2.75) is 27.2 Å². The molecule has 0 aromatic heterocycles. The van der Waals surface area contributed by atoms with Gasteiger partial charge in [0.1, 0.15) is 0 Å². The second kappa shape index (κ2) is 7.64.